The molecule has 0 aliphatic rings. The number of rotatable bonds is 7. The second-order valence-corrected chi connectivity index (χ2v) is 7.21. The Morgan fingerprint density at radius 3 is 2.35 bits per heavy atom. The molecule has 158 valence electrons. The van der Waals surface area contributed by atoms with Crippen molar-refractivity contribution in [1.82, 2.24) is 4.57 Å². The van der Waals surface area contributed by atoms with Crippen molar-refractivity contribution in [3.05, 3.63) is 110 Å². The molecular weight excluding hydrogens is 425 g/mol. The maximum absolute atomic E-state index is 13.5. The summed E-state index contributed by atoms with van der Waals surface area (Å²) in [6.07, 6.45) is 2.49. The van der Waals surface area contributed by atoms with Crippen LogP contribution in [0.5, 0.6) is 0 Å². The molecule has 0 saturated heterocycles. The second-order valence-electron chi connectivity index (χ2n) is 6.80. The van der Waals surface area contributed by atoms with E-state index in [4.69, 9.17) is 16.7 Å². The molecule has 1 heterocycles. The number of aromatic nitrogens is 1. The zero-order valence-electron chi connectivity index (χ0n) is 16.1. The van der Waals surface area contributed by atoms with Crippen LogP contribution in [0.15, 0.2) is 71.7 Å². The van der Waals surface area contributed by atoms with Gasteiger partial charge in [0.25, 0.3) is 11.3 Å². The molecule has 2 N–H and O–H groups in total. The minimum Gasteiger partial charge on any atom is -0.507 e. The van der Waals surface area contributed by atoms with Crippen LogP contribution in [0, 0.1) is 5.82 Å². The molecule has 0 amide bonds. The first-order valence-electron chi connectivity index (χ1n) is 9.14. The number of carboxylic acids is 1. The van der Waals surface area contributed by atoms with Crippen molar-refractivity contribution >= 4 is 29.1 Å². The third-order valence-corrected chi connectivity index (χ3v) is 4.77. The fourth-order valence-corrected chi connectivity index (χ4v) is 3.23. The van der Waals surface area contributed by atoms with Crippen LogP contribution in [0.3, 0.4) is 0 Å². The van der Waals surface area contributed by atoms with E-state index in [9.17, 15) is 23.9 Å². The summed E-state index contributed by atoms with van der Waals surface area (Å²) >= 11 is 5.82. The van der Waals surface area contributed by atoms with E-state index in [0.717, 1.165) is 5.56 Å². The first kappa shape index (κ1) is 22.0. The number of hydrogen-bond acceptors (Lipinski definition) is 4. The van der Waals surface area contributed by atoms with Gasteiger partial charge in [0.15, 0.2) is 0 Å². The summed E-state index contributed by atoms with van der Waals surface area (Å²) in [5.41, 5.74) is 1.24. The molecule has 0 saturated carbocycles. The smallest absolute Gasteiger partial charge is 0.376 e. The highest BCUT2D eigenvalue weighted by atomic mass is 35.5. The average molecular weight is 442 g/mol. The maximum Gasteiger partial charge on any atom is 0.376 e. The van der Waals surface area contributed by atoms with E-state index in [-0.39, 0.29) is 17.1 Å². The Balaban J connectivity index is 2.08. The normalized spacial score (nSPS) is 11.4. The van der Waals surface area contributed by atoms with Crippen LogP contribution in [-0.4, -0.2) is 26.5 Å². The summed E-state index contributed by atoms with van der Waals surface area (Å²) in [5.74, 6) is -4.46. The lowest BCUT2D eigenvalue weighted by Gasteiger charge is -2.12. The van der Waals surface area contributed by atoms with Crippen LogP contribution in [-0.2, 0) is 22.6 Å². The first-order valence-corrected chi connectivity index (χ1v) is 9.52. The van der Waals surface area contributed by atoms with Crippen molar-refractivity contribution in [3.8, 4) is 0 Å². The Kier molecular flexibility index (Phi) is 6.67. The molecule has 0 aliphatic heterocycles. The van der Waals surface area contributed by atoms with Crippen molar-refractivity contribution in [2.24, 2.45) is 0 Å². The van der Waals surface area contributed by atoms with Crippen molar-refractivity contribution < 1.29 is 24.2 Å². The molecule has 3 aromatic rings. The number of nitrogens with zero attached hydrogens (tertiary/aromatic N) is 1. The van der Waals surface area contributed by atoms with Gasteiger partial charge in [0.2, 0.25) is 0 Å². The molecule has 0 atom stereocenters. The van der Waals surface area contributed by atoms with Gasteiger partial charge >= 0.3 is 5.97 Å². The van der Waals surface area contributed by atoms with Gasteiger partial charge in [-0.25, -0.2) is 9.18 Å². The Morgan fingerprint density at radius 1 is 1.00 bits per heavy atom. The number of aliphatic carboxylic acids is 1. The van der Waals surface area contributed by atoms with E-state index in [0.29, 0.717) is 23.6 Å². The number of pyridine rings is 1. The number of carbonyl (C=O) groups excluding carboxylic acids is 1. The van der Waals surface area contributed by atoms with Crippen LogP contribution < -0.4 is 5.56 Å². The molecule has 6 nitrogen and oxygen atoms in total. The fraction of sp³-hybridized carbons (Fsp3) is 0.0870. The van der Waals surface area contributed by atoms with E-state index in [2.05, 4.69) is 0 Å². The number of halogens is 2. The van der Waals surface area contributed by atoms with Gasteiger partial charge in [-0.2, -0.15) is 0 Å². The number of carbonyl (C=O) groups is 2. The zero-order chi connectivity index (χ0) is 22.5. The number of aliphatic hydroxyl groups excluding tert-OH is 1. The van der Waals surface area contributed by atoms with Gasteiger partial charge in [-0.3, -0.25) is 9.59 Å². The molecule has 2 aromatic carbocycles. The molecule has 8 heteroatoms. The van der Waals surface area contributed by atoms with Crippen LogP contribution in [0.25, 0.3) is 5.76 Å². The fourth-order valence-electron chi connectivity index (χ4n) is 3.03. The monoisotopic (exact) mass is 441 g/mol. The van der Waals surface area contributed by atoms with Gasteiger partial charge in [-0.1, -0.05) is 48.0 Å². The number of aliphatic hydroxyl groups is 1. The molecule has 0 spiro atoms. The van der Waals surface area contributed by atoms with E-state index >= 15 is 0 Å². The third-order valence-electron chi connectivity index (χ3n) is 4.49. The Labute approximate surface area is 181 Å². The highest BCUT2D eigenvalue weighted by Crippen LogP contribution is 2.18. The maximum atomic E-state index is 13.5. The molecule has 3 rings (SSSR count). The van der Waals surface area contributed by atoms with Crippen LogP contribution in [0.4, 0.5) is 4.39 Å². The molecular formula is C23H17ClFNO5. The van der Waals surface area contributed by atoms with Gasteiger partial charge in [-0.05, 0) is 41.3 Å². The van der Waals surface area contributed by atoms with Crippen molar-refractivity contribution in [2.45, 2.75) is 13.0 Å². The number of carboxylic acid groups (broad SMARTS) is 1. The molecule has 0 unspecified atom stereocenters. The Hall–Kier alpha value is -3.71. The molecule has 0 aliphatic carbocycles. The standard InChI is InChI=1S/C23H17ClFNO5/c24-18-10-15(6-7-19(18)25)12-26-13-16(8-14-4-2-1-3-5-14)9-17(22(26)29)20(27)11-21(28)23(30)31/h1-7,9-11,13,27H,8,12H2,(H,30,31)/b20-11-. The minimum absolute atomic E-state index is 0.0224. The SMILES string of the molecule is O=C(O)C(=O)/C=C(\O)c1cc(Cc2ccccc2)cn(Cc2ccc(F)c(Cl)c2)c1=O. The summed E-state index contributed by atoms with van der Waals surface area (Å²) in [6.45, 7) is 0.0224. The predicted octanol–water partition coefficient (Wildman–Crippen LogP) is 3.83. The lowest BCUT2D eigenvalue weighted by molar-refractivity contribution is -0.146. The topological polar surface area (TPSA) is 96.6 Å². The van der Waals surface area contributed by atoms with Crippen LogP contribution >= 0.6 is 11.6 Å². The van der Waals surface area contributed by atoms with Gasteiger partial charge in [0.1, 0.15) is 11.6 Å². The molecule has 31 heavy (non-hydrogen) atoms. The summed E-state index contributed by atoms with van der Waals surface area (Å²) in [5, 5.41) is 18.9. The highest BCUT2D eigenvalue weighted by Gasteiger charge is 2.16. The lowest BCUT2D eigenvalue weighted by atomic mass is 10.0. The number of hydrogen-bond donors (Lipinski definition) is 2. The van der Waals surface area contributed by atoms with Gasteiger partial charge in [0.05, 0.1) is 17.1 Å². The highest BCUT2D eigenvalue weighted by molar-refractivity contribution is 6.38. The van der Waals surface area contributed by atoms with Crippen molar-refractivity contribution in [2.75, 3.05) is 0 Å². The largest absolute Gasteiger partial charge is 0.507 e. The van der Waals surface area contributed by atoms with Crippen LogP contribution in [0.2, 0.25) is 5.02 Å². The molecule has 1 aromatic heterocycles. The summed E-state index contributed by atoms with van der Waals surface area (Å²) < 4.78 is 14.7. The van der Waals surface area contributed by atoms with E-state index in [1.54, 1.807) is 6.20 Å². The first-order chi connectivity index (χ1) is 14.7. The predicted molar refractivity (Wildman–Crippen MR) is 114 cm³/mol. The quantitative estimate of drug-likeness (QED) is 0.330. The van der Waals surface area contributed by atoms with Crippen LogP contribution in [0.1, 0.15) is 22.3 Å². The van der Waals surface area contributed by atoms with Gasteiger partial charge in [0, 0.05) is 12.3 Å². The van der Waals surface area contributed by atoms with E-state index < -0.39 is 28.9 Å². The zero-order valence-corrected chi connectivity index (χ0v) is 16.8. The minimum atomic E-state index is -1.76. The number of benzene rings is 2. The van der Waals surface area contributed by atoms with E-state index in [1.165, 1.54) is 28.8 Å². The molecule has 0 bridgehead atoms. The summed E-state index contributed by atoms with van der Waals surface area (Å²) in [4.78, 5) is 35.2. The average Bonchev–Trinajstić information content (AvgIpc) is 2.73. The molecule has 0 radical (unpaired) electrons. The Morgan fingerprint density at radius 2 is 1.71 bits per heavy atom. The summed E-state index contributed by atoms with van der Waals surface area (Å²) in [6, 6.07) is 14.8. The van der Waals surface area contributed by atoms with Crippen molar-refractivity contribution in [3.63, 3.8) is 0 Å². The third kappa shape index (κ3) is 5.46. The van der Waals surface area contributed by atoms with Gasteiger partial charge in [-0.15, -0.1) is 0 Å². The molecule has 0 fully saturated rings. The lowest BCUT2D eigenvalue weighted by Crippen LogP contribution is -2.25. The van der Waals surface area contributed by atoms with E-state index in [1.807, 2.05) is 30.3 Å². The summed E-state index contributed by atoms with van der Waals surface area (Å²) in [7, 11) is 0. The second kappa shape index (κ2) is 9.40. The number of ketones is 1. The van der Waals surface area contributed by atoms with Gasteiger partial charge < -0.3 is 14.8 Å². The Bertz CT molecular complexity index is 1230. The van der Waals surface area contributed by atoms with Crippen molar-refractivity contribution in [1.29, 1.82) is 0 Å².